The van der Waals surface area contributed by atoms with Gasteiger partial charge in [0.2, 0.25) is 0 Å². The first-order valence-corrected chi connectivity index (χ1v) is 6.91. The Labute approximate surface area is 110 Å². The van der Waals surface area contributed by atoms with Crippen molar-refractivity contribution in [3.8, 4) is 5.75 Å². The molecule has 1 aliphatic carbocycles. The number of ether oxygens (including phenoxy) is 1. The van der Waals surface area contributed by atoms with Gasteiger partial charge in [-0.25, -0.2) is 0 Å². The quantitative estimate of drug-likeness (QED) is 0.802. The molecule has 1 aromatic carbocycles. The first-order chi connectivity index (χ1) is 8.79. The molecule has 1 fully saturated rings. The van der Waals surface area contributed by atoms with Crippen LogP contribution in [0.15, 0.2) is 24.3 Å². The van der Waals surface area contributed by atoms with Gasteiger partial charge in [0.25, 0.3) is 0 Å². The monoisotopic (exact) mass is 248 g/mol. The number of nitrogens with zero attached hydrogens (tertiary/aromatic N) is 1. The lowest BCUT2D eigenvalue weighted by atomic mass is 9.92. The summed E-state index contributed by atoms with van der Waals surface area (Å²) in [4.78, 5) is 2.41. The molecule has 0 amide bonds. The minimum absolute atomic E-state index is 0.701. The third-order valence-electron chi connectivity index (χ3n) is 3.77. The molecule has 1 aliphatic rings. The summed E-state index contributed by atoms with van der Waals surface area (Å²) >= 11 is 0. The van der Waals surface area contributed by atoms with Crippen LogP contribution in [0.1, 0.15) is 24.8 Å². The van der Waals surface area contributed by atoms with Crippen molar-refractivity contribution in [1.29, 1.82) is 0 Å². The molecule has 1 aromatic rings. The van der Waals surface area contributed by atoms with Gasteiger partial charge in [-0.1, -0.05) is 18.6 Å². The van der Waals surface area contributed by atoms with Crippen molar-refractivity contribution in [2.75, 3.05) is 26.7 Å². The maximum absolute atomic E-state index is 5.76. The molecule has 2 N–H and O–H groups in total. The highest BCUT2D eigenvalue weighted by Gasteiger charge is 2.21. The van der Waals surface area contributed by atoms with E-state index >= 15 is 0 Å². The summed E-state index contributed by atoms with van der Waals surface area (Å²) < 4.78 is 5.76. The van der Waals surface area contributed by atoms with Gasteiger partial charge in [0.15, 0.2) is 0 Å². The van der Waals surface area contributed by atoms with E-state index in [1.165, 1.54) is 24.8 Å². The molecule has 0 saturated heterocycles. The fraction of sp³-hybridized carbons (Fsp3) is 0.600. The number of rotatable bonds is 7. The minimum Gasteiger partial charge on any atom is -0.492 e. The molecule has 0 spiro atoms. The van der Waals surface area contributed by atoms with Gasteiger partial charge < -0.3 is 15.4 Å². The van der Waals surface area contributed by atoms with Gasteiger partial charge >= 0.3 is 0 Å². The average molecular weight is 248 g/mol. The van der Waals surface area contributed by atoms with E-state index in [2.05, 4.69) is 24.1 Å². The highest BCUT2D eigenvalue weighted by atomic mass is 16.5. The van der Waals surface area contributed by atoms with Crippen molar-refractivity contribution >= 4 is 0 Å². The molecule has 0 aromatic heterocycles. The smallest absolute Gasteiger partial charge is 0.119 e. The lowest BCUT2D eigenvalue weighted by Gasteiger charge is -2.34. The fourth-order valence-corrected chi connectivity index (χ4v) is 2.24. The van der Waals surface area contributed by atoms with Crippen LogP contribution in [0.5, 0.6) is 5.75 Å². The van der Waals surface area contributed by atoms with E-state index in [-0.39, 0.29) is 0 Å². The van der Waals surface area contributed by atoms with Gasteiger partial charge in [-0.2, -0.15) is 0 Å². The van der Waals surface area contributed by atoms with Crippen LogP contribution in [0.25, 0.3) is 0 Å². The largest absolute Gasteiger partial charge is 0.492 e. The van der Waals surface area contributed by atoms with Gasteiger partial charge in [0.1, 0.15) is 12.4 Å². The third kappa shape index (κ3) is 3.72. The summed E-state index contributed by atoms with van der Waals surface area (Å²) in [6.45, 7) is 2.48. The van der Waals surface area contributed by atoms with E-state index < -0.39 is 0 Å². The van der Waals surface area contributed by atoms with E-state index in [0.29, 0.717) is 6.54 Å². The van der Waals surface area contributed by atoms with Crippen LogP contribution in [0.2, 0.25) is 0 Å². The molecule has 2 rings (SSSR count). The van der Waals surface area contributed by atoms with E-state index in [1.807, 2.05) is 12.1 Å². The second-order valence-corrected chi connectivity index (χ2v) is 5.10. The summed E-state index contributed by atoms with van der Waals surface area (Å²) in [6, 6.07) is 9.05. The van der Waals surface area contributed by atoms with Gasteiger partial charge in [0, 0.05) is 12.6 Å². The number of hydrogen-bond donors (Lipinski definition) is 1. The van der Waals surface area contributed by atoms with Crippen molar-refractivity contribution in [1.82, 2.24) is 4.90 Å². The number of hydrogen-bond acceptors (Lipinski definition) is 3. The molecule has 0 radical (unpaired) electrons. The number of likely N-dealkylation sites (N-methyl/N-ethyl adjacent to an activating group) is 1. The van der Waals surface area contributed by atoms with E-state index in [1.54, 1.807) is 0 Å². The van der Waals surface area contributed by atoms with Gasteiger partial charge in [-0.05, 0) is 50.6 Å². The lowest BCUT2D eigenvalue weighted by molar-refractivity contribution is 0.135. The SMILES string of the molecule is CN(CCOc1ccc(CCN)cc1)C1CCC1. The number of benzene rings is 1. The fourth-order valence-electron chi connectivity index (χ4n) is 2.24. The van der Waals surface area contributed by atoms with E-state index in [4.69, 9.17) is 10.5 Å². The average Bonchev–Trinajstić information content (AvgIpc) is 2.29. The Morgan fingerprint density at radius 3 is 2.56 bits per heavy atom. The first-order valence-electron chi connectivity index (χ1n) is 6.91. The van der Waals surface area contributed by atoms with Crippen LogP contribution < -0.4 is 10.5 Å². The molecule has 1 saturated carbocycles. The second kappa shape index (κ2) is 6.76. The van der Waals surface area contributed by atoms with E-state index in [0.717, 1.165) is 31.4 Å². The zero-order valence-electron chi connectivity index (χ0n) is 11.3. The van der Waals surface area contributed by atoms with Gasteiger partial charge in [0.05, 0.1) is 0 Å². The molecule has 3 heteroatoms. The molecule has 100 valence electrons. The van der Waals surface area contributed by atoms with Crippen LogP contribution in [0.4, 0.5) is 0 Å². The van der Waals surface area contributed by atoms with Crippen molar-refractivity contribution in [2.45, 2.75) is 31.7 Å². The van der Waals surface area contributed by atoms with Crippen molar-refractivity contribution in [3.05, 3.63) is 29.8 Å². The highest BCUT2D eigenvalue weighted by Crippen LogP contribution is 2.23. The Morgan fingerprint density at radius 1 is 1.28 bits per heavy atom. The highest BCUT2D eigenvalue weighted by molar-refractivity contribution is 5.27. The lowest BCUT2D eigenvalue weighted by Crippen LogP contribution is -2.39. The molecule has 18 heavy (non-hydrogen) atoms. The summed E-state index contributed by atoms with van der Waals surface area (Å²) in [5.41, 5.74) is 6.80. The molecular weight excluding hydrogens is 224 g/mol. The zero-order chi connectivity index (χ0) is 12.8. The summed E-state index contributed by atoms with van der Waals surface area (Å²) in [5, 5.41) is 0. The Hall–Kier alpha value is -1.06. The summed E-state index contributed by atoms with van der Waals surface area (Å²) in [7, 11) is 2.19. The number of nitrogens with two attached hydrogens (primary N) is 1. The maximum Gasteiger partial charge on any atom is 0.119 e. The molecule has 3 nitrogen and oxygen atoms in total. The maximum atomic E-state index is 5.76. The standard InChI is InChI=1S/C15H24N2O/c1-17(14-3-2-4-14)11-12-18-15-7-5-13(6-8-15)9-10-16/h5-8,14H,2-4,9-12,16H2,1H3. The predicted octanol–water partition coefficient (Wildman–Crippen LogP) is 2.05. The topological polar surface area (TPSA) is 38.5 Å². The Balaban J connectivity index is 1.69. The Bertz CT molecular complexity index is 346. The Morgan fingerprint density at radius 2 is 2.00 bits per heavy atom. The normalized spacial score (nSPS) is 15.7. The Kier molecular flexibility index (Phi) is 5.02. The first kappa shape index (κ1) is 13.4. The zero-order valence-corrected chi connectivity index (χ0v) is 11.3. The summed E-state index contributed by atoms with van der Waals surface area (Å²) in [5.74, 6) is 0.956. The predicted molar refractivity (Wildman–Crippen MR) is 75.0 cm³/mol. The third-order valence-corrected chi connectivity index (χ3v) is 3.77. The van der Waals surface area contributed by atoms with E-state index in [9.17, 15) is 0 Å². The molecule has 0 aliphatic heterocycles. The second-order valence-electron chi connectivity index (χ2n) is 5.10. The molecule has 0 unspecified atom stereocenters. The molecule has 0 bridgehead atoms. The van der Waals surface area contributed by atoms with Crippen molar-refractivity contribution < 1.29 is 4.74 Å². The van der Waals surface area contributed by atoms with Crippen LogP contribution in [0, 0.1) is 0 Å². The van der Waals surface area contributed by atoms with Gasteiger partial charge in [-0.3, -0.25) is 0 Å². The van der Waals surface area contributed by atoms with Crippen LogP contribution in [-0.4, -0.2) is 37.7 Å². The minimum atomic E-state index is 0.701. The van der Waals surface area contributed by atoms with Crippen LogP contribution in [0.3, 0.4) is 0 Å². The summed E-state index contributed by atoms with van der Waals surface area (Å²) in [6.07, 6.45) is 5.03. The van der Waals surface area contributed by atoms with Crippen LogP contribution in [-0.2, 0) is 6.42 Å². The molecule has 0 heterocycles. The van der Waals surface area contributed by atoms with Crippen molar-refractivity contribution in [2.24, 2.45) is 5.73 Å². The molecule has 0 atom stereocenters. The van der Waals surface area contributed by atoms with Crippen LogP contribution >= 0.6 is 0 Å². The van der Waals surface area contributed by atoms with Gasteiger partial charge in [-0.15, -0.1) is 0 Å². The van der Waals surface area contributed by atoms with Crippen molar-refractivity contribution in [3.63, 3.8) is 0 Å². The molecular formula is C15H24N2O.